The molecule has 0 saturated carbocycles. The van der Waals surface area contributed by atoms with E-state index < -0.39 is 21.1 Å². The molecule has 0 spiro atoms. The van der Waals surface area contributed by atoms with Gasteiger partial charge in [-0.3, -0.25) is 4.79 Å². The van der Waals surface area contributed by atoms with Crippen molar-refractivity contribution in [1.82, 2.24) is 18.8 Å². The van der Waals surface area contributed by atoms with Crippen molar-refractivity contribution in [1.29, 1.82) is 0 Å². The predicted octanol–water partition coefficient (Wildman–Crippen LogP) is 2.64. The van der Waals surface area contributed by atoms with Gasteiger partial charge in [-0.25, -0.2) is 27.1 Å². The second kappa shape index (κ2) is 8.81. The summed E-state index contributed by atoms with van der Waals surface area (Å²) in [5.74, 6) is -0.300. The van der Waals surface area contributed by atoms with E-state index in [4.69, 9.17) is 0 Å². The van der Waals surface area contributed by atoms with Crippen LogP contribution in [0.2, 0.25) is 0 Å². The summed E-state index contributed by atoms with van der Waals surface area (Å²) in [5, 5.41) is 2.74. The fourth-order valence-electron chi connectivity index (χ4n) is 3.42. The Balaban J connectivity index is 1.76. The highest BCUT2D eigenvalue weighted by molar-refractivity contribution is 7.89. The summed E-state index contributed by atoms with van der Waals surface area (Å²) < 4.78 is 42.1. The second-order valence-corrected chi connectivity index (χ2v) is 10.5. The second-order valence-electron chi connectivity index (χ2n) is 8.06. The molecule has 0 amide bonds. The van der Waals surface area contributed by atoms with E-state index in [0.717, 1.165) is 6.20 Å². The standard InChI is InChI=1S/C20H28FN5O3S/c1-13(2)26-12-15(5-6-18(26)27)19-17(21)11-22-20(24-19)23-16-7-9-25(10-8-16)30(28,29)14(3)4/h5-6,11-14,16H,7-10H2,1-4H3,(H,22,23,24). The van der Waals surface area contributed by atoms with Crippen LogP contribution in [-0.2, 0) is 10.0 Å². The highest BCUT2D eigenvalue weighted by Crippen LogP contribution is 2.23. The van der Waals surface area contributed by atoms with Gasteiger partial charge in [0.15, 0.2) is 5.82 Å². The minimum Gasteiger partial charge on any atom is -0.351 e. The molecule has 0 unspecified atom stereocenters. The van der Waals surface area contributed by atoms with E-state index in [0.29, 0.717) is 31.5 Å². The zero-order valence-electron chi connectivity index (χ0n) is 17.7. The van der Waals surface area contributed by atoms with Gasteiger partial charge >= 0.3 is 0 Å². The highest BCUT2D eigenvalue weighted by Gasteiger charge is 2.30. The first-order valence-electron chi connectivity index (χ1n) is 10.1. The zero-order chi connectivity index (χ0) is 22.1. The van der Waals surface area contributed by atoms with Gasteiger partial charge in [-0.05, 0) is 46.6 Å². The number of hydrogen-bond acceptors (Lipinski definition) is 6. The molecule has 30 heavy (non-hydrogen) atoms. The number of anilines is 1. The first-order chi connectivity index (χ1) is 14.1. The van der Waals surface area contributed by atoms with Crippen LogP contribution in [0.5, 0.6) is 0 Å². The Morgan fingerprint density at radius 2 is 1.83 bits per heavy atom. The summed E-state index contributed by atoms with van der Waals surface area (Å²) in [7, 11) is -3.26. The van der Waals surface area contributed by atoms with Crippen molar-refractivity contribution in [2.75, 3.05) is 18.4 Å². The summed E-state index contributed by atoms with van der Waals surface area (Å²) in [5.41, 5.74) is 0.440. The maximum atomic E-state index is 14.4. The molecule has 0 aliphatic carbocycles. The maximum absolute atomic E-state index is 14.4. The van der Waals surface area contributed by atoms with Gasteiger partial charge in [0.1, 0.15) is 5.69 Å². The normalized spacial score (nSPS) is 16.4. The monoisotopic (exact) mass is 437 g/mol. The topological polar surface area (TPSA) is 97.2 Å². The number of piperidine rings is 1. The van der Waals surface area contributed by atoms with Crippen LogP contribution in [0.3, 0.4) is 0 Å². The van der Waals surface area contributed by atoms with Gasteiger partial charge in [0, 0.05) is 43.0 Å². The SMILES string of the molecule is CC(C)n1cc(-c2nc(NC3CCN(S(=O)(=O)C(C)C)CC3)ncc2F)ccc1=O. The van der Waals surface area contributed by atoms with E-state index in [-0.39, 0.29) is 29.3 Å². The Kier molecular flexibility index (Phi) is 6.56. The van der Waals surface area contributed by atoms with E-state index in [1.807, 2.05) is 13.8 Å². The zero-order valence-corrected chi connectivity index (χ0v) is 18.5. The van der Waals surface area contributed by atoms with Crippen LogP contribution < -0.4 is 10.9 Å². The lowest BCUT2D eigenvalue weighted by Crippen LogP contribution is -2.45. The van der Waals surface area contributed by atoms with Crippen LogP contribution in [0, 0.1) is 5.82 Å². The van der Waals surface area contributed by atoms with Crippen LogP contribution in [0.4, 0.5) is 10.3 Å². The van der Waals surface area contributed by atoms with Crippen molar-refractivity contribution in [2.24, 2.45) is 0 Å². The van der Waals surface area contributed by atoms with E-state index in [1.54, 1.807) is 26.1 Å². The number of aromatic nitrogens is 3. The molecule has 2 aromatic rings. The molecule has 1 N–H and O–H groups in total. The van der Waals surface area contributed by atoms with Crippen molar-refractivity contribution in [3.05, 3.63) is 40.7 Å². The quantitative estimate of drug-likeness (QED) is 0.746. The first-order valence-corrected chi connectivity index (χ1v) is 11.6. The lowest BCUT2D eigenvalue weighted by Gasteiger charge is -2.32. The van der Waals surface area contributed by atoms with Crippen molar-refractivity contribution < 1.29 is 12.8 Å². The predicted molar refractivity (Wildman–Crippen MR) is 114 cm³/mol. The van der Waals surface area contributed by atoms with E-state index in [9.17, 15) is 17.6 Å². The van der Waals surface area contributed by atoms with Crippen LogP contribution in [0.1, 0.15) is 46.6 Å². The molecule has 0 radical (unpaired) electrons. The number of hydrogen-bond donors (Lipinski definition) is 1. The van der Waals surface area contributed by atoms with Crippen LogP contribution in [0.15, 0.2) is 29.3 Å². The van der Waals surface area contributed by atoms with E-state index in [2.05, 4.69) is 15.3 Å². The number of halogens is 1. The number of pyridine rings is 1. The number of nitrogens with zero attached hydrogens (tertiary/aromatic N) is 4. The van der Waals surface area contributed by atoms with Gasteiger partial charge in [-0.2, -0.15) is 0 Å². The lowest BCUT2D eigenvalue weighted by atomic mass is 10.1. The summed E-state index contributed by atoms with van der Waals surface area (Å²) in [6, 6.07) is 2.87. The Labute approximate surface area is 176 Å². The molecule has 10 heteroatoms. The average molecular weight is 438 g/mol. The van der Waals surface area contributed by atoms with Gasteiger partial charge in [0.25, 0.3) is 5.56 Å². The Bertz CT molecular complexity index is 1060. The van der Waals surface area contributed by atoms with Crippen molar-refractivity contribution in [2.45, 2.75) is 57.9 Å². The molecule has 1 fully saturated rings. The molecule has 1 aliphatic rings. The van der Waals surface area contributed by atoms with Gasteiger partial charge in [0.05, 0.1) is 11.4 Å². The van der Waals surface area contributed by atoms with Gasteiger partial charge in [-0.1, -0.05) is 0 Å². The van der Waals surface area contributed by atoms with Crippen molar-refractivity contribution >= 4 is 16.0 Å². The minimum absolute atomic E-state index is 0.00783. The largest absolute Gasteiger partial charge is 0.351 e. The van der Waals surface area contributed by atoms with Crippen molar-refractivity contribution in [3.8, 4) is 11.3 Å². The van der Waals surface area contributed by atoms with Crippen LogP contribution in [-0.4, -0.2) is 51.6 Å². The molecular weight excluding hydrogens is 409 g/mol. The fraction of sp³-hybridized carbons (Fsp3) is 0.550. The molecular formula is C20H28FN5O3S. The Hall–Kier alpha value is -2.33. The summed E-state index contributed by atoms with van der Waals surface area (Å²) in [4.78, 5) is 20.3. The number of sulfonamides is 1. The van der Waals surface area contributed by atoms with Crippen molar-refractivity contribution in [3.63, 3.8) is 0 Å². The number of nitrogens with one attached hydrogen (secondary N) is 1. The molecule has 3 rings (SSSR count). The fourth-order valence-corrected chi connectivity index (χ4v) is 4.74. The molecule has 8 nitrogen and oxygen atoms in total. The van der Waals surface area contributed by atoms with E-state index in [1.165, 1.54) is 14.9 Å². The highest BCUT2D eigenvalue weighted by atomic mass is 32.2. The Morgan fingerprint density at radius 1 is 1.17 bits per heavy atom. The summed E-state index contributed by atoms with van der Waals surface area (Å²) in [6.07, 6.45) is 3.92. The molecule has 0 atom stereocenters. The first kappa shape index (κ1) is 22.4. The molecule has 1 saturated heterocycles. The summed E-state index contributed by atoms with van der Waals surface area (Å²) >= 11 is 0. The molecule has 0 aromatic carbocycles. The average Bonchev–Trinajstić information content (AvgIpc) is 2.70. The van der Waals surface area contributed by atoms with Crippen LogP contribution in [0.25, 0.3) is 11.3 Å². The molecule has 3 heterocycles. The van der Waals surface area contributed by atoms with E-state index >= 15 is 0 Å². The van der Waals surface area contributed by atoms with Crippen LogP contribution >= 0.6 is 0 Å². The minimum atomic E-state index is -3.26. The van der Waals surface area contributed by atoms with Gasteiger partial charge < -0.3 is 9.88 Å². The smallest absolute Gasteiger partial charge is 0.250 e. The summed E-state index contributed by atoms with van der Waals surface area (Å²) in [6.45, 7) is 7.95. The molecule has 2 aromatic heterocycles. The third-order valence-corrected chi connectivity index (χ3v) is 7.53. The van der Waals surface area contributed by atoms with Gasteiger partial charge in [-0.15, -0.1) is 0 Å². The third-order valence-electron chi connectivity index (χ3n) is 5.25. The van der Waals surface area contributed by atoms with Gasteiger partial charge in [0.2, 0.25) is 16.0 Å². The Morgan fingerprint density at radius 3 is 2.43 bits per heavy atom. The molecule has 1 aliphatic heterocycles. The maximum Gasteiger partial charge on any atom is 0.250 e. The third kappa shape index (κ3) is 4.70. The molecule has 164 valence electrons. The molecule has 0 bridgehead atoms. The number of rotatable bonds is 6. The lowest BCUT2D eigenvalue weighted by molar-refractivity contribution is 0.326.